The zero-order valence-electron chi connectivity index (χ0n) is 17.3. The average molecular weight is 418 g/mol. The number of ether oxygens (including phenoxy) is 1. The molecular formula is C25H23FN2O3. The summed E-state index contributed by atoms with van der Waals surface area (Å²) in [5.41, 5.74) is 3.51. The fourth-order valence-corrected chi connectivity index (χ4v) is 4.97. The summed E-state index contributed by atoms with van der Waals surface area (Å²) in [7, 11) is 1.63. The summed E-state index contributed by atoms with van der Waals surface area (Å²) in [6.07, 6.45) is 0.944. The number of methoxy groups -OCH3 is 1. The van der Waals surface area contributed by atoms with Crippen LogP contribution in [-0.2, 0) is 6.54 Å². The molecule has 0 saturated carbocycles. The summed E-state index contributed by atoms with van der Waals surface area (Å²) >= 11 is 0. The van der Waals surface area contributed by atoms with E-state index in [9.17, 15) is 14.0 Å². The molecule has 31 heavy (non-hydrogen) atoms. The normalized spacial score (nSPS) is 19.6. The first-order valence-corrected chi connectivity index (χ1v) is 10.5. The summed E-state index contributed by atoms with van der Waals surface area (Å²) in [5, 5.41) is 0. The third kappa shape index (κ3) is 3.52. The standard InChI is InChI=1S/C25H23FN2O3/c1-31-21-8-4-17(5-9-21)22-10-11-23(29)28-14-16-12-19(24(22)28)15-27(13-16)25(30)18-2-6-20(26)7-3-18/h2-11,16,19H,12-15H2,1H3. The van der Waals surface area contributed by atoms with Crippen LogP contribution in [0, 0.1) is 11.7 Å². The van der Waals surface area contributed by atoms with Crippen molar-refractivity contribution < 1.29 is 13.9 Å². The molecule has 0 aliphatic carbocycles. The molecule has 0 N–H and O–H groups in total. The van der Waals surface area contributed by atoms with Gasteiger partial charge in [-0.3, -0.25) is 9.59 Å². The maximum absolute atomic E-state index is 13.3. The third-order valence-electron chi connectivity index (χ3n) is 6.37. The maximum Gasteiger partial charge on any atom is 0.253 e. The number of aromatic nitrogens is 1. The van der Waals surface area contributed by atoms with Gasteiger partial charge < -0.3 is 14.2 Å². The first kappa shape index (κ1) is 19.5. The number of nitrogens with zero attached hydrogens (tertiary/aromatic N) is 2. The van der Waals surface area contributed by atoms with E-state index in [2.05, 4.69) is 0 Å². The summed E-state index contributed by atoms with van der Waals surface area (Å²) in [4.78, 5) is 27.6. The van der Waals surface area contributed by atoms with Crippen molar-refractivity contribution in [3.05, 3.63) is 88.1 Å². The monoisotopic (exact) mass is 418 g/mol. The molecule has 1 aromatic heterocycles. The molecule has 0 spiro atoms. The Morgan fingerprint density at radius 3 is 2.42 bits per heavy atom. The van der Waals surface area contributed by atoms with Crippen LogP contribution < -0.4 is 10.3 Å². The van der Waals surface area contributed by atoms with Gasteiger partial charge in [0, 0.05) is 48.4 Å². The predicted octanol–water partition coefficient (Wildman–Crippen LogP) is 3.92. The van der Waals surface area contributed by atoms with Gasteiger partial charge in [-0.2, -0.15) is 0 Å². The highest BCUT2D eigenvalue weighted by Gasteiger charge is 2.38. The molecule has 2 unspecified atom stereocenters. The minimum absolute atomic E-state index is 0.000253. The summed E-state index contributed by atoms with van der Waals surface area (Å²) in [5.74, 6) is 0.624. The average Bonchev–Trinajstić information content (AvgIpc) is 2.80. The Morgan fingerprint density at radius 1 is 0.968 bits per heavy atom. The van der Waals surface area contributed by atoms with Gasteiger partial charge in [0.05, 0.1) is 7.11 Å². The number of piperidine rings is 1. The van der Waals surface area contributed by atoms with Crippen molar-refractivity contribution in [1.29, 1.82) is 0 Å². The Labute approximate surface area is 179 Å². The minimum Gasteiger partial charge on any atom is -0.497 e. The summed E-state index contributed by atoms with van der Waals surface area (Å²) < 4.78 is 20.4. The molecule has 2 aliphatic heterocycles. The molecule has 2 bridgehead atoms. The van der Waals surface area contributed by atoms with E-state index in [1.807, 2.05) is 39.8 Å². The molecule has 2 aromatic carbocycles. The van der Waals surface area contributed by atoms with Crippen molar-refractivity contribution in [3.8, 4) is 16.9 Å². The van der Waals surface area contributed by atoms with Crippen molar-refractivity contribution in [3.63, 3.8) is 0 Å². The number of fused-ring (bicyclic) bond motifs is 4. The molecule has 1 saturated heterocycles. The Kier molecular flexibility index (Phi) is 4.85. The lowest BCUT2D eigenvalue weighted by atomic mass is 9.80. The van der Waals surface area contributed by atoms with Gasteiger partial charge in [-0.15, -0.1) is 0 Å². The van der Waals surface area contributed by atoms with Crippen LogP contribution in [0.4, 0.5) is 4.39 Å². The highest BCUT2D eigenvalue weighted by atomic mass is 19.1. The van der Waals surface area contributed by atoms with Gasteiger partial charge in [-0.05, 0) is 60.4 Å². The quantitative estimate of drug-likeness (QED) is 0.648. The molecule has 3 heterocycles. The molecule has 2 aliphatic rings. The van der Waals surface area contributed by atoms with Crippen LogP contribution >= 0.6 is 0 Å². The van der Waals surface area contributed by atoms with E-state index >= 15 is 0 Å². The fourth-order valence-electron chi connectivity index (χ4n) is 4.97. The van der Waals surface area contributed by atoms with Crippen LogP contribution in [0.15, 0.2) is 65.5 Å². The number of benzene rings is 2. The highest BCUT2D eigenvalue weighted by molar-refractivity contribution is 5.94. The van der Waals surface area contributed by atoms with Gasteiger partial charge >= 0.3 is 0 Å². The Balaban J connectivity index is 1.51. The largest absolute Gasteiger partial charge is 0.497 e. The molecule has 3 aromatic rings. The Bertz CT molecular complexity index is 1180. The molecule has 5 rings (SSSR count). The molecular weight excluding hydrogens is 395 g/mol. The van der Waals surface area contributed by atoms with E-state index in [-0.39, 0.29) is 29.1 Å². The zero-order valence-corrected chi connectivity index (χ0v) is 17.3. The first-order valence-electron chi connectivity index (χ1n) is 10.5. The molecule has 0 radical (unpaired) electrons. The van der Waals surface area contributed by atoms with Gasteiger partial charge in [-0.1, -0.05) is 12.1 Å². The lowest BCUT2D eigenvalue weighted by Gasteiger charge is -2.43. The smallest absolute Gasteiger partial charge is 0.253 e. The van der Waals surface area contributed by atoms with Gasteiger partial charge in [0.1, 0.15) is 11.6 Å². The molecule has 5 nitrogen and oxygen atoms in total. The van der Waals surface area contributed by atoms with Gasteiger partial charge in [0.15, 0.2) is 0 Å². The molecule has 6 heteroatoms. The van der Waals surface area contributed by atoms with Crippen molar-refractivity contribution >= 4 is 5.91 Å². The van der Waals surface area contributed by atoms with Crippen molar-refractivity contribution in [2.45, 2.75) is 18.9 Å². The van der Waals surface area contributed by atoms with Crippen molar-refractivity contribution in [2.24, 2.45) is 5.92 Å². The number of carbonyl (C=O) groups is 1. The lowest BCUT2D eigenvalue weighted by molar-refractivity contribution is 0.0595. The number of likely N-dealkylation sites (tertiary alicyclic amines) is 1. The number of pyridine rings is 1. The van der Waals surface area contributed by atoms with Gasteiger partial charge in [-0.25, -0.2) is 4.39 Å². The number of hydrogen-bond donors (Lipinski definition) is 0. The topological polar surface area (TPSA) is 51.5 Å². The lowest BCUT2D eigenvalue weighted by Crippen LogP contribution is -2.49. The van der Waals surface area contributed by atoms with Crippen LogP contribution in [0.2, 0.25) is 0 Å². The van der Waals surface area contributed by atoms with Crippen LogP contribution in [-0.4, -0.2) is 35.6 Å². The van der Waals surface area contributed by atoms with E-state index in [0.29, 0.717) is 25.2 Å². The number of hydrogen-bond acceptors (Lipinski definition) is 3. The molecule has 2 atom stereocenters. The zero-order chi connectivity index (χ0) is 21.5. The van der Waals surface area contributed by atoms with Crippen LogP contribution in [0.5, 0.6) is 5.75 Å². The number of carbonyl (C=O) groups excluding carboxylic acids is 1. The van der Waals surface area contributed by atoms with Crippen LogP contribution in [0.25, 0.3) is 11.1 Å². The van der Waals surface area contributed by atoms with E-state index < -0.39 is 0 Å². The number of rotatable bonds is 3. The minimum atomic E-state index is -0.357. The Hall–Kier alpha value is -3.41. The molecule has 158 valence electrons. The SMILES string of the molecule is COc1ccc(-c2ccc(=O)n3c2C2CC(CN(C(=O)c4ccc(F)cc4)C2)C3)cc1. The number of halogens is 1. The number of amides is 1. The third-order valence-corrected chi connectivity index (χ3v) is 6.37. The van der Waals surface area contributed by atoms with Gasteiger partial charge in [0.2, 0.25) is 0 Å². The van der Waals surface area contributed by atoms with Crippen LogP contribution in [0.1, 0.15) is 28.4 Å². The van der Waals surface area contributed by atoms with E-state index in [1.165, 1.54) is 24.3 Å². The fraction of sp³-hybridized carbons (Fsp3) is 0.280. The van der Waals surface area contributed by atoms with Gasteiger partial charge in [0.25, 0.3) is 11.5 Å². The van der Waals surface area contributed by atoms with E-state index in [1.54, 1.807) is 13.2 Å². The summed E-state index contributed by atoms with van der Waals surface area (Å²) in [6.45, 7) is 1.74. The Morgan fingerprint density at radius 2 is 1.71 bits per heavy atom. The van der Waals surface area contributed by atoms with Crippen LogP contribution in [0.3, 0.4) is 0 Å². The second-order valence-electron chi connectivity index (χ2n) is 8.33. The van der Waals surface area contributed by atoms with E-state index in [4.69, 9.17) is 4.74 Å². The van der Waals surface area contributed by atoms with Crippen molar-refractivity contribution in [2.75, 3.05) is 20.2 Å². The van der Waals surface area contributed by atoms with E-state index in [0.717, 1.165) is 29.0 Å². The molecule has 1 fully saturated rings. The second-order valence-corrected chi connectivity index (χ2v) is 8.33. The highest BCUT2D eigenvalue weighted by Crippen LogP contribution is 2.40. The van der Waals surface area contributed by atoms with Crippen molar-refractivity contribution in [1.82, 2.24) is 9.47 Å². The first-order chi connectivity index (χ1) is 15.0. The second kappa shape index (κ2) is 7.69. The molecule has 1 amide bonds. The summed E-state index contributed by atoms with van der Waals surface area (Å²) in [6, 6.07) is 17.0. The predicted molar refractivity (Wildman–Crippen MR) is 116 cm³/mol. The maximum atomic E-state index is 13.3.